The Morgan fingerprint density at radius 1 is 1.31 bits per heavy atom. The van der Waals surface area contributed by atoms with Gasteiger partial charge in [-0.15, -0.1) is 0 Å². The van der Waals surface area contributed by atoms with E-state index in [0.29, 0.717) is 12.3 Å². The van der Waals surface area contributed by atoms with E-state index in [1.54, 1.807) is 0 Å². The summed E-state index contributed by atoms with van der Waals surface area (Å²) in [5.74, 6) is 1.49. The van der Waals surface area contributed by atoms with Gasteiger partial charge in [-0.05, 0) is 31.9 Å². The normalized spacial score (nSPS) is 19.9. The first-order valence-electron chi connectivity index (χ1n) is 5.73. The van der Waals surface area contributed by atoms with Gasteiger partial charge in [0.25, 0.3) is 0 Å². The standard InChI is InChI=1S/C12H19NO3/c1-12(4-6-15-7-5-12)13-8-10-2-3-11(9-14)16-10/h2-3,13-14H,4-9H2,1H3. The van der Waals surface area contributed by atoms with Crippen LogP contribution in [0.4, 0.5) is 0 Å². The molecular formula is C12H19NO3. The fraction of sp³-hybridized carbons (Fsp3) is 0.667. The van der Waals surface area contributed by atoms with Crippen molar-refractivity contribution >= 4 is 0 Å². The highest BCUT2D eigenvalue weighted by Crippen LogP contribution is 2.20. The van der Waals surface area contributed by atoms with Crippen molar-refractivity contribution in [1.82, 2.24) is 5.32 Å². The van der Waals surface area contributed by atoms with Crippen molar-refractivity contribution < 1.29 is 14.3 Å². The third-order valence-electron chi connectivity index (χ3n) is 3.16. The lowest BCUT2D eigenvalue weighted by Crippen LogP contribution is -2.46. The van der Waals surface area contributed by atoms with E-state index in [9.17, 15) is 0 Å². The molecule has 2 heterocycles. The molecule has 90 valence electrons. The van der Waals surface area contributed by atoms with Crippen molar-refractivity contribution in [2.24, 2.45) is 0 Å². The van der Waals surface area contributed by atoms with E-state index < -0.39 is 0 Å². The Morgan fingerprint density at radius 2 is 2.00 bits per heavy atom. The monoisotopic (exact) mass is 225 g/mol. The molecule has 0 spiro atoms. The van der Waals surface area contributed by atoms with Gasteiger partial charge in [0.15, 0.2) is 0 Å². The van der Waals surface area contributed by atoms with Crippen molar-refractivity contribution in [3.63, 3.8) is 0 Å². The zero-order valence-corrected chi connectivity index (χ0v) is 9.66. The predicted molar refractivity (Wildman–Crippen MR) is 59.9 cm³/mol. The molecule has 1 aromatic heterocycles. The highest BCUT2D eigenvalue weighted by Gasteiger charge is 2.26. The van der Waals surface area contributed by atoms with Gasteiger partial charge in [-0.2, -0.15) is 0 Å². The fourth-order valence-electron chi connectivity index (χ4n) is 1.90. The summed E-state index contributed by atoms with van der Waals surface area (Å²) >= 11 is 0. The Kier molecular flexibility index (Phi) is 3.63. The highest BCUT2D eigenvalue weighted by molar-refractivity contribution is 5.06. The average molecular weight is 225 g/mol. The van der Waals surface area contributed by atoms with E-state index in [2.05, 4.69) is 12.2 Å². The molecule has 2 rings (SSSR count). The van der Waals surface area contributed by atoms with Crippen LogP contribution in [0.3, 0.4) is 0 Å². The summed E-state index contributed by atoms with van der Waals surface area (Å²) in [5, 5.41) is 12.4. The Hall–Kier alpha value is -0.840. The van der Waals surface area contributed by atoms with Gasteiger partial charge in [0.2, 0.25) is 0 Å². The van der Waals surface area contributed by atoms with Crippen LogP contribution in [0.25, 0.3) is 0 Å². The van der Waals surface area contributed by atoms with E-state index >= 15 is 0 Å². The molecule has 0 radical (unpaired) electrons. The number of furan rings is 1. The molecule has 4 nitrogen and oxygen atoms in total. The molecule has 0 saturated carbocycles. The zero-order valence-electron chi connectivity index (χ0n) is 9.66. The summed E-state index contributed by atoms with van der Waals surface area (Å²) in [6.07, 6.45) is 2.06. The molecule has 1 fully saturated rings. The number of ether oxygens (including phenoxy) is 1. The predicted octanol–water partition coefficient (Wildman–Crippen LogP) is 1.43. The molecule has 0 unspecified atom stereocenters. The Bertz CT molecular complexity index is 329. The zero-order chi connectivity index (χ0) is 11.4. The maximum Gasteiger partial charge on any atom is 0.129 e. The van der Waals surface area contributed by atoms with Crippen LogP contribution in [0.2, 0.25) is 0 Å². The molecule has 0 amide bonds. The van der Waals surface area contributed by atoms with E-state index in [1.807, 2.05) is 12.1 Å². The lowest BCUT2D eigenvalue weighted by atomic mass is 9.92. The third kappa shape index (κ3) is 2.84. The van der Waals surface area contributed by atoms with Crippen molar-refractivity contribution in [3.05, 3.63) is 23.7 Å². The maximum absolute atomic E-state index is 8.89. The van der Waals surface area contributed by atoms with Crippen LogP contribution in [0.5, 0.6) is 0 Å². The van der Waals surface area contributed by atoms with Gasteiger partial charge >= 0.3 is 0 Å². The lowest BCUT2D eigenvalue weighted by Gasteiger charge is -2.34. The molecule has 0 aliphatic carbocycles. The highest BCUT2D eigenvalue weighted by atomic mass is 16.5. The van der Waals surface area contributed by atoms with E-state index in [0.717, 1.165) is 31.8 Å². The van der Waals surface area contributed by atoms with Crippen molar-refractivity contribution in [3.8, 4) is 0 Å². The quantitative estimate of drug-likeness (QED) is 0.814. The van der Waals surface area contributed by atoms with E-state index in [-0.39, 0.29) is 12.1 Å². The maximum atomic E-state index is 8.89. The van der Waals surface area contributed by atoms with Crippen LogP contribution in [0.15, 0.2) is 16.5 Å². The Balaban J connectivity index is 1.86. The molecule has 0 bridgehead atoms. The number of aliphatic hydroxyl groups excluding tert-OH is 1. The summed E-state index contributed by atoms with van der Waals surface area (Å²) in [6, 6.07) is 3.71. The molecule has 4 heteroatoms. The first kappa shape index (κ1) is 11.6. The topological polar surface area (TPSA) is 54.6 Å². The number of nitrogens with one attached hydrogen (secondary N) is 1. The molecule has 1 aromatic rings. The molecule has 16 heavy (non-hydrogen) atoms. The molecule has 1 aliphatic rings. The summed E-state index contributed by atoms with van der Waals surface area (Å²) in [5.41, 5.74) is 0.143. The number of hydrogen-bond donors (Lipinski definition) is 2. The second kappa shape index (κ2) is 4.99. The summed E-state index contributed by atoms with van der Waals surface area (Å²) in [4.78, 5) is 0. The minimum atomic E-state index is -0.0366. The Labute approximate surface area is 95.6 Å². The molecular weight excluding hydrogens is 206 g/mol. The fourth-order valence-corrected chi connectivity index (χ4v) is 1.90. The lowest BCUT2D eigenvalue weighted by molar-refractivity contribution is 0.0438. The molecule has 0 aromatic carbocycles. The van der Waals surface area contributed by atoms with Gasteiger partial charge in [0.05, 0.1) is 6.54 Å². The van der Waals surface area contributed by atoms with Crippen molar-refractivity contribution in [2.45, 2.75) is 38.5 Å². The van der Waals surface area contributed by atoms with Gasteiger partial charge in [-0.3, -0.25) is 0 Å². The molecule has 2 N–H and O–H groups in total. The summed E-state index contributed by atoms with van der Waals surface area (Å²) in [6.45, 7) is 4.53. The van der Waals surface area contributed by atoms with E-state index in [4.69, 9.17) is 14.3 Å². The van der Waals surface area contributed by atoms with Crippen molar-refractivity contribution in [2.75, 3.05) is 13.2 Å². The smallest absolute Gasteiger partial charge is 0.129 e. The van der Waals surface area contributed by atoms with Gasteiger partial charge in [-0.25, -0.2) is 0 Å². The second-order valence-electron chi connectivity index (χ2n) is 4.55. The van der Waals surface area contributed by atoms with Crippen LogP contribution in [0.1, 0.15) is 31.3 Å². The van der Waals surface area contributed by atoms with Crippen LogP contribution in [-0.4, -0.2) is 23.9 Å². The first-order chi connectivity index (χ1) is 7.72. The van der Waals surface area contributed by atoms with Crippen molar-refractivity contribution in [1.29, 1.82) is 0 Å². The van der Waals surface area contributed by atoms with Crippen LogP contribution < -0.4 is 5.32 Å². The molecule has 1 aliphatic heterocycles. The minimum Gasteiger partial charge on any atom is -0.462 e. The summed E-state index contributed by atoms with van der Waals surface area (Å²) < 4.78 is 10.8. The number of hydrogen-bond acceptors (Lipinski definition) is 4. The molecule has 1 saturated heterocycles. The van der Waals surface area contributed by atoms with Gasteiger partial charge in [0, 0.05) is 18.8 Å². The average Bonchev–Trinajstić information content (AvgIpc) is 2.75. The van der Waals surface area contributed by atoms with Crippen LogP contribution in [-0.2, 0) is 17.9 Å². The van der Waals surface area contributed by atoms with Crippen LogP contribution >= 0.6 is 0 Å². The second-order valence-corrected chi connectivity index (χ2v) is 4.55. The number of rotatable bonds is 4. The largest absolute Gasteiger partial charge is 0.462 e. The van der Waals surface area contributed by atoms with E-state index in [1.165, 1.54) is 0 Å². The SMILES string of the molecule is CC1(NCc2ccc(CO)o2)CCOCC1. The molecule has 0 atom stereocenters. The third-order valence-corrected chi connectivity index (χ3v) is 3.16. The Morgan fingerprint density at radius 3 is 2.62 bits per heavy atom. The van der Waals surface area contributed by atoms with Crippen LogP contribution in [0, 0.1) is 0 Å². The van der Waals surface area contributed by atoms with Gasteiger partial charge in [-0.1, -0.05) is 0 Å². The number of aliphatic hydroxyl groups is 1. The first-order valence-corrected chi connectivity index (χ1v) is 5.73. The minimum absolute atomic E-state index is 0.0366. The van der Waals surface area contributed by atoms with Gasteiger partial charge < -0.3 is 19.6 Å². The van der Waals surface area contributed by atoms with Gasteiger partial charge in [0.1, 0.15) is 18.1 Å². The summed E-state index contributed by atoms with van der Waals surface area (Å²) in [7, 11) is 0.